The largest absolute Gasteiger partial charge is 0.480 e. The van der Waals surface area contributed by atoms with Gasteiger partial charge in [-0.25, -0.2) is 4.98 Å². The summed E-state index contributed by atoms with van der Waals surface area (Å²) in [5.74, 6) is 0.668. The average molecular weight is 268 g/mol. The van der Waals surface area contributed by atoms with E-state index in [0.29, 0.717) is 36.9 Å². The monoisotopic (exact) mass is 268 g/mol. The van der Waals surface area contributed by atoms with Crippen molar-refractivity contribution in [1.29, 1.82) is 0 Å². The number of methoxy groups -OCH3 is 2. The molecule has 2 unspecified atom stereocenters. The van der Waals surface area contributed by atoms with Crippen LogP contribution < -0.4 is 9.47 Å². The predicted octanol–water partition coefficient (Wildman–Crippen LogP) is 1.27. The highest BCUT2D eigenvalue weighted by atomic mass is 16.5. The van der Waals surface area contributed by atoms with Gasteiger partial charge in [0.15, 0.2) is 0 Å². The molecule has 1 aliphatic rings. The molecule has 1 aromatic heterocycles. The van der Waals surface area contributed by atoms with Gasteiger partial charge in [-0.1, -0.05) is 6.92 Å². The van der Waals surface area contributed by atoms with Gasteiger partial charge in [-0.15, -0.1) is 0 Å². The van der Waals surface area contributed by atoms with Crippen LogP contribution in [0.3, 0.4) is 0 Å². The Bertz CT molecular complexity index is 441. The van der Waals surface area contributed by atoms with E-state index in [4.69, 9.17) is 14.2 Å². The third-order valence-electron chi connectivity index (χ3n) is 3.45. The van der Waals surface area contributed by atoms with Crippen molar-refractivity contribution in [2.75, 3.05) is 20.8 Å². The first kappa shape index (κ1) is 14.0. The lowest BCUT2D eigenvalue weighted by Crippen LogP contribution is -2.39. The molecule has 6 heteroatoms. The highest BCUT2D eigenvalue weighted by Gasteiger charge is 2.40. The summed E-state index contributed by atoms with van der Waals surface area (Å²) in [6.45, 7) is 2.54. The van der Waals surface area contributed by atoms with Gasteiger partial charge in [-0.2, -0.15) is 4.98 Å². The normalized spacial score (nSPS) is 27.1. The lowest BCUT2D eigenvalue weighted by Gasteiger charge is -2.36. The highest BCUT2D eigenvalue weighted by molar-refractivity contribution is 5.28. The van der Waals surface area contributed by atoms with Gasteiger partial charge in [0.25, 0.3) is 0 Å². The van der Waals surface area contributed by atoms with Crippen LogP contribution in [0.25, 0.3) is 0 Å². The van der Waals surface area contributed by atoms with E-state index < -0.39 is 5.60 Å². The van der Waals surface area contributed by atoms with Crippen LogP contribution in [0.15, 0.2) is 6.20 Å². The van der Waals surface area contributed by atoms with Crippen LogP contribution in [0.4, 0.5) is 0 Å². The number of ether oxygens (including phenoxy) is 3. The molecule has 0 radical (unpaired) electrons. The molecule has 2 atom stereocenters. The standard InChI is InChI=1S/C13H20N2O4/c1-4-9-7-13(16,5-6-19-9)11-12(18-3)15-10(17-2)8-14-11/h8-9,16H,4-7H2,1-3H3. The number of hydrogen-bond acceptors (Lipinski definition) is 6. The zero-order chi connectivity index (χ0) is 13.9. The Labute approximate surface area is 112 Å². The molecular formula is C13H20N2O4. The summed E-state index contributed by atoms with van der Waals surface area (Å²) in [4.78, 5) is 8.44. The second kappa shape index (κ2) is 5.71. The lowest BCUT2D eigenvalue weighted by molar-refractivity contribution is -0.111. The maximum absolute atomic E-state index is 10.8. The fourth-order valence-corrected chi connectivity index (χ4v) is 2.33. The first-order valence-electron chi connectivity index (χ1n) is 6.42. The Hall–Kier alpha value is -1.40. The molecule has 1 N–H and O–H groups in total. The van der Waals surface area contributed by atoms with Crippen LogP contribution >= 0.6 is 0 Å². The molecule has 2 rings (SSSR count). The fraction of sp³-hybridized carbons (Fsp3) is 0.692. The molecule has 1 fully saturated rings. The molecule has 0 saturated carbocycles. The fourth-order valence-electron chi connectivity index (χ4n) is 2.33. The summed E-state index contributed by atoms with van der Waals surface area (Å²) in [5, 5.41) is 10.8. The minimum absolute atomic E-state index is 0.0346. The topological polar surface area (TPSA) is 73.7 Å². The van der Waals surface area contributed by atoms with Crippen LogP contribution in [-0.2, 0) is 10.3 Å². The summed E-state index contributed by atoms with van der Waals surface area (Å²) in [5.41, 5.74) is -0.596. The maximum Gasteiger partial charge on any atom is 0.241 e. The Kier molecular flexibility index (Phi) is 4.21. The molecule has 0 spiro atoms. The minimum atomic E-state index is -1.05. The maximum atomic E-state index is 10.8. The van der Waals surface area contributed by atoms with E-state index in [1.165, 1.54) is 20.4 Å². The second-order valence-electron chi connectivity index (χ2n) is 4.66. The molecule has 2 heterocycles. The first-order valence-corrected chi connectivity index (χ1v) is 6.42. The van der Waals surface area contributed by atoms with Crippen LogP contribution in [0.5, 0.6) is 11.8 Å². The van der Waals surface area contributed by atoms with Gasteiger partial charge >= 0.3 is 0 Å². The van der Waals surface area contributed by atoms with E-state index in [9.17, 15) is 5.11 Å². The van der Waals surface area contributed by atoms with Crippen molar-refractivity contribution in [1.82, 2.24) is 9.97 Å². The number of aliphatic hydroxyl groups is 1. The lowest BCUT2D eigenvalue weighted by atomic mass is 9.86. The van der Waals surface area contributed by atoms with Crippen molar-refractivity contribution in [2.45, 2.75) is 37.9 Å². The van der Waals surface area contributed by atoms with Gasteiger partial charge in [0.05, 0.1) is 33.1 Å². The van der Waals surface area contributed by atoms with Crippen LogP contribution in [0, 0.1) is 0 Å². The SMILES string of the molecule is CCC1CC(O)(c2ncc(OC)nc2OC)CCO1. The Morgan fingerprint density at radius 2 is 2.26 bits per heavy atom. The number of nitrogens with zero attached hydrogens (tertiary/aromatic N) is 2. The Morgan fingerprint density at radius 1 is 1.47 bits per heavy atom. The molecule has 1 aliphatic heterocycles. The van der Waals surface area contributed by atoms with E-state index in [2.05, 4.69) is 9.97 Å². The molecule has 0 amide bonds. The molecular weight excluding hydrogens is 248 g/mol. The first-order chi connectivity index (χ1) is 9.12. The van der Waals surface area contributed by atoms with Crippen molar-refractivity contribution in [2.24, 2.45) is 0 Å². The van der Waals surface area contributed by atoms with Gasteiger partial charge in [-0.3, -0.25) is 0 Å². The molecule has 6 nitrogen and oxygen atoms in total. The quantitative estimate of drug-likeness (QED) is 0.886. The van der Waals surface area contributed by atoms with Crippen LogP contribution in [0.2, 0.25) is 0 Å². The molecule has 0 aromatic carbocycles. The second-order valence-corrected chi connectivity index (χ2v) is 4.66. The van der Waals surface area contributed by atoms with Crippen LogP contribution in [0.1, 0.15) is 31.9 Å². The van der Waals surface area contributed by atoms with Gasteiger partial charge in [-0.05, 0) is 6.42 Å². The minimum Gasteiger partial charge on any atom is -0.480 e. The third-order valence-corrected chi connectivity index (χ3v) is 3.45. The summed E-state index contributed by atoms with van der Waals surface area (Å²) >= 11 is 0. The van der Waals surface area contributed by atoms with E-state index >= 15 is 0 Å². The number of rotatable bonds is 4. The Balaban J connectivity index is 2.33. The van der Waals surface area contributed by atoms with E-state index in [-0.39, 0.29) is 6.10 Å². The van der Waals surface area contributed by atoms with E-state index in [1.54, 1.807) is 0 Å². The van der Waals surface area contributed by atoms with Gasteiger partial charge in [0.2, 0.25) is 11.8 Å². The summed E-state index contributed by atoms with van der Waals surface area (Å²) in [6.07, 6.45) is 3.37. The summed E-state index contributed by atoms with van der Waals surface area (Å²) in [7, 11) is 3.02. The molecule has 1 aromatic rings. The molecule has 0 aliphatic carbocycles. The van der Waals surface area contributed by atoms with Crippen molar-refractivity contribution in [3.8, 4) is 11.8 Å². The van der Waals surface area contributed by atoms with Crippen molar-refractivity contribution < 1.29 is 19.3 Å². The van der Waals surface area contributed by atoms with Gasteiger partial charge < -0.3 is 19.3 Å². The zero-order valence-electron chi connectivity index (χ0n) is 11.5. The van der Waals surface area contributed by atoms with Gasteiger partial charge in [0.1, 0.15) is 11.3 Å². The predicted molar refractivity (Wildman–Crippen MR) is 68.3 cm³/mol. The molecule has 0 bridgehead atoms. The Morgan fingerprint density at radius 3 is 2.89 bits per heavy atom. The van der Waals surface area contributed by atoms with Crippen molar-refractivity contribution >= 4 is 0 Å². The van der Waals surface area contributed by atoms with Crippen molar-refractivity contribution in [3.05, 3.63) is 11.9 Å². The molecule has 19 heavy (non-hydrogen) atoms. The van der Waals surface area contributed by atoms with Gasteiger partial charge in [0, 0.05) is 12.8 Å². The molecule has 106 valence electrons. The highest BCUT2D eigenvalue weighted by Crippen LogP contribution is 2.38. The smallest absolute Gasteiger partial charge is 0.241 e. The van der Waals surface area contributed by atoms with E-state index in [1.807, 2.05) is 6.92 Å². The number of hydrogen-bond donors (Lipinski definition) is 1. The average Bonchev–Trinajstić information content (AvgIpc) is 2.46. The summed E-state index contributed by atoms with van der Waals surface area (Å²) in [6, 6.07) is 0. The van der Waals surface area contributed by atoms with Crippen molar-refractivity contribution in [3.63, 3.8) is 0 Å². The molecule has 1 saturated heterocycles. The third kappa shape index (κ3) is 2.79. The number of aromatic nitrogens is 2. The zero-order valence-corrected chi connectivity index (χ0v) is 11.5. The van der Waals surface area contributed by atoms with Crippen LogP contribution in [-0.4, -0.2) is 42.0 Å². The van der Waals surface area contributed by atoms with E-state index in [0.717, 1.165) is 6.42 Å². The summed E-state index contributed by atoms with van der Waals surface area (Å²) < 4.78 is 15.8.